The van der Waals surface area contributed by atoms with Crippen molar-refractivity contribution < 1.29 is 14.3 Å². The van der Waals surface area contributed by atoms with E-state index in [1.54, 1.807) is 4.90 Å². The summed E-state index contributed by atoms with van der Waals surface area (Å²) in [4.78, 5) is 16.7. The first-order chi connectivity index (χ1) is 16.9. The van der Waals surface area contributed by atoms with Crippen molar-refractivity contribution in [3.8, 4) is 17.2 Å². The number of hydrogen-bond acceptors (Lipinski definition) is 6. The molecule has 1 amide bonds. The molecule has 1 atom stereocenters. The Morgan fingerprint density at radius 1 is 0.971 bits per heavy atom. The Morgan fingerprint density at radius 2 is 1.66 bits per heavy atom. The van der Waals surface area contributed by atoms with Crippen molar-refractivity contribution in [1.82, 2.24) is 19.6 Å². The monoisotopic (exact) mass is 475 g/mol. The van der Waals surface area contributed by atoms with Crippen LogP contribution >= 0.6 is 0 Å². The van der Waals surface area contributed by atoms with E-state index in [9.17, 15) is 4.79 Å². The second-order valence-corrected chi connectivity index (χ2v) is 10.0. The Hall–Kier alpha value is -3.52. The Morgan fingerprint density at radius 3 is 2.34 bits per heavy atom. The number of fused-ring (bicyclic) bond motifs is 1. The van der Waals surface area contributed by atoms with Gasteiger partial charge in [0.2, 0.25) is 0 Å². The highest BCUT2D eigenvalue weighted by Crippen LogP contribution is 2.34. The normalized spacial score (nSPS) is 18.5. The minimum Gasteiger partial charge on any atom is -0.457 e. The molecule has 1 fully saturated rings. The van der Waals surface area contributed by atoms with Gasteiger partial charge in [-0.1, -0.05) is 18.2 Å². The van der Waals surface area contributed by atoms with Crippen LogP contribution in [0.5, 0.6) is 11.5 Å². The number of benzene rings is 2. The van der Waals surface area contributed by atoms with E-state index in [0.717, 1.165) is 54.6 Å². The lowest BCUT2D eigenvalue weighted by Crippen LogP contribution is -2.51. The van der Waals surface area contributed by atoms with E-state index in [4.69, 9.17) is 14.6 Å². The summed E-state index contributed by atoms with van der Waals surface area (Å²) >= 11 is 0. The van der Waals surface area contributed by atoms with Gasteiger partial charge in [-0.3, -0.25) is 4.90 Å². The third-order valence-corrected chi connectivity index (χ3v) is 6.28. The predicted octanol–water partition coefficient (Wildman–Crippen LogP) is 5.07. The van der Waals surface area contributed by atoms with Crippen molar-refractivity contribution >= 4 is 11.8 Å². The summed E-state index contributed by atoms with van der Waals surface area (Å²) in [6, 6.07) is 18.0. The maximum Gasteiger partial charge on any atom is 0.410 e. The average Bonchev–Trinajstić information content (AvgIpc) is 3.29. The van der Waals surface area contributed by atoms with Crippen LogP contribution in [0.15, 0.2) is 60.8 Å². The van der Waals surface area contributed by atoms with Gasteiger partial charge in [-0.15, -0.1) is 0 Å². The smallest absolute Gasteiger partial charge is 0.410 e. The number of nitrogens with zero attached hydrogens (tertiary/aromatic N) is 4. The van der Waals surface area contributed by atoms with Crippen LogP contribution in [-0.2, 0) is 4.74 Å². The van der Waals surface area contributed by atoms with Gasteiger partial charge in [0.1, 0.15) is 22.8 Å². The molecule has 0 saturated carbocycles. The first-order valence-corrected chi connectivity index (χ1v) is 12.2. The molecule has 0 radical (unpaired) electrons. The lowest BCUT2D eigenvalue weighted by molar-refractivity contribution is 0.00954. The average molecular weight is 476 g/mol. The van der Waals surface area contributed by atoms with Gasteiger partial charge in [0.15, 0.2) is 0 Å². The zero-order valence-electron chi connectivity index (χ0n) is 20.6. The van der Waals surface area contributed by atoms with E-state index in [1.807, 2.05) is 80.1 Å². The predicted molar refractivity (Wildman–Crippen MR) is 135 cm³/mol. The van der Waals surface area contributed by atoms with Crippen molar-refractivity contribution in [3.63, 3.8) is 0 Å². The van der Waals surface area contributed by atoms with Crippen LogP contribution in [0.2, 0.25) is 0 Å². The van der Waals surface area contributed by atoms with Gasteiger partial charge in [-0.05, 0) is 63.6 Å². The van der Waals surface area contributed by atoms with Crippen LogP contribution in [0.1, 0.15) is 38.9 Å². The molecule has 3 heterocycles. The molecular formula is C27H33N5O3. The molecule has 2 aromatic carbocycles. The SMILES string of the molecule is CC(C)(C)OC(=O)N1CCN(C2CCNc3cn(-c4ccc(Oc5ccccc5)cc4)nc32)CC1. The third kappa shape index (κ3) is 5.43. The highest BCUT2D eigenvalue weighted by molar-refractivity contribution is 5.68. The second-order valence-electron chi connectivity index (χ2n) is 10.0. The molecule has 35 heavy (non-hydrogen) atoms. The fourth-order valence-corrected chi connectivity index (χ4v) is 4.57. The third-order valence-electron chi connectivity index (χ3n) is 6.28. The zero-order valence-corrected chi connectivity index (χ0v) is 20.6. The molecule has 0 spiro atoms. The summed E-state index contributed by atoms with van der Waals surface area (Å²) in [6.45, 7) is 9.55. The van der Waals surface area contributed by atoms with Crippen LogP contribution in [0.25, 0.3) is 5.69 Å². The van der Waals surface area contributed by atoms with Gasteiger partial charge in [-0.25, -0.2) is 9.48 Å². The van der Waals surface area contributed by atoms with Crippen LogP contribution in [-0.4, -0.2) is 64.0 Å². The number of carbonyl (C=O) groups excluding carboxylic acids is 1. The van der Waals surface area contributed by atoms with Crippen LogP contribution < -0.4 is 10.1 Å². The topological polar surface area (TPSA) is 71.9 Å². The first kappa shape index (κ1) is 23.2. The molecule has 184 valence electrons. The standard InChI is InChI=1S/C27H33N5O3/c1-27(2,3)35-26(33)31-17-15-30(16-18-31)24-13-14-28-23-19-32(29-25(23)24)20-9-11-22(12-10-20)34-21-7-5-4-6-8-21/h4-12,19,24,28H,13-18H2,1-3H3. The van der Waals surface area contributed by atoms with E-state index in [-0.39, 0.29) is 12.1 Å². The quantitative estimate of drug-likeness (QED) is 0.568. The lowest BCUT2D eigenvalue weighted by Gasteiger charge is -2.40. The van der Waals surface area contributed by atoms with Crippen molar-refractivity contribution in [3.05, 3.63) is 66.5 Å². The minimum absolute atomic E-state index is 0.230. The summed E-state index contributed by atoms with van der Waals surface area (Å²) in [5.41, 5.74) is 2.64. The van der Waals surface area contributed by atoms with E-state index in [0.29, 0.717) is 13.1 Å². The molecule has 1 unspecified atom stereocenters. The Labute approximate surface area is 206 Å². The van der Waals surface area contributed by atoms with Gasteiger partial charge in [-0.2, -0.15) is 5.10 Å². The molecule has 2 aliphatic heterocycles. The number of rotatable bonds is 4. The van der Waals surface area contributed by atoms with Crippen molar-refractivity contribution in [2.75, 3.05) is 38.0 Å². The molecular weight excluding hydrogens is 442 g/mol. The van der Waals surface area contributed by atoms with Crippen molar-refractivity contribution in [2.45, 2.75) is 38.8 Å². The molecule has 0 aliphatic carbocycles. The molecule has 3 aromatic rings. The van der Waals surface area contributed by atoms with E-state index < -0.39 is 5.60 Å². The van der Waals surface area contributed by atoms with Gasteiger partial charge in [0, 0.05) is 32.7 Å². The maximum atomic E-state index is 12.4. The number of amides is 1. The van der Waals surface area contributed by atoms with E-state index >= 15 is 0 Å². The van der Waals surface area contributed by atoms with Gasteiger partial charge in [0.05, 0.1) is 23.6 Å². The number of aromatic nitrogens is 2. The van der Waals surface area contributed by atoms with Crippen molar-refractivity contribution in [2.24, 2.45) is 0 Å². The van der Waals surface area contributed by atoms with Crippen LogP contribution in [0.3, 0.4) is 0 Å². The number of ether oxygens (including phenoxy) is 2. The summed E-state index contributed by atoms with van der Waals surface area (Å²) < 4.78 is 13.4. The summed E-state index contributed by atoms with van der Waals surface area (Å²) in [5.74, 6) is 1.60. The molecule has 1 saturated heterocycles. The maximum absolute atomic E-state index is 12.4. The highest BCUT2D eigenvalue weighted by Gasteiger charge is 2.33. The minimum atomic E-state index is -0.475. The number of anilines is 1. The van der Waals surface area contributed by atoms with Crippen molar-refractivity contribution in [1.29, 1.82) is 0 Å². The summed E-state index contributed by atoms with van der Waals surface area (Å²) in [5, 5.41) is 8.46. The summed E-state index contributed by atoms with van der Waals surface area (Å²) in [6.07, 6.45) is 2.82. The molecule has 8 nitrogen and oxygen atoms in total. The van der Waals surface area contributed by atoms with Crippen LogP contribution in [0, 0.1) is 0 Å². The second kappa shape index (κ2) is 9.62. The molecule has 0 bridgehead atoms. The van der Waals surface area contributed by atoms with E-state index in [1.165, 1.54) is 0 Å². The molecule has 1 N–H and O–H groups in total. The molecule has 5 rings (SSSR count). The van der Waals surface area contributed by atoms with Gasteiger partial charge in [0.25, 0.3) is 0 Å². The number of hydrogen-bond donors (Lipinski definition) is 1. The molecule has 1 aromatic heterocycles. The number of carbonyl (C=O) groups is 1. The zero-order chi connectivity index (χ0) is 24.4. The van der Waals surface area contributed by atoms with E-state index in [2.05, 4.69) is 16.4 Å². The fraction of sp³-hybridized carbons (Fsp3) is 0.407. The number of para-hydroxylation sites is 1. The largest absolute Gasteiger partial charge is 0.457 e. The first-order valence-electron chi connectivity index (χ1n) is 12.2. The fourth-order valence-electron chi connectivity index (χ4n) is 4.57. The Bertz CT molecular complexity index is 1150. The number of piperazine rings is 1. The van der Waals surface area contributed by atoms with Gasteiger partial charge >= 0.3 is 6.09 Å². The summed E-state index contributed by atoms with van der Waals surface area (Å²) in [7, 11) is 0. The van der Waals surface area contributed by atoms with Crippen LogP contribution in [0.4, 0.5) is 10.5 Å². The molecule has 2 aliphatic rings. The highest BCUT2D eigenvalue weighted by atomic mass is 16.6. The Kier molecular flexibility index (Phi) is 6.38. The Balaban J connectivity index is 1.25. The number of nitrogens with one attached hydrogen (secondary N) is 1. The van der Waals surface area contributed by atoms with Gasteiger partial charge < -0.3 is 19.7 Å². The lowest BCUT2D eigenvalue weighted by atomic mass is 10.0. The molecule has 8 heteroatoms.